The SMILES string of the molecule is O=C(CCCNC(=O)CCC1C(=O)N(c2ccccc2)C(=O)N1Cc1ccc(Br)cc1)NO. The van der Waals surface area contributed by atoms with Crippen LogP contribution in [-0.2, 0) is 20.9 Å². The molecule has 3 N–H and O–H groups in total. The zero-order valence-electron chi connectivity index (χ0n) is 17.9. The number of imide groups is 1. The van der Waals surface area contributed by atoms with E-state index >= 15 is 0 Å². The molecule has 0 saturated carbocycles. The first-order valence-corrected chi connectivity index (χ1v) is 11.3. The molecule has 9 nitrogen and oxygen atoms in total. The molecule has 3 rings (SSSR count). The number of carbonyl (C=O) groups is 4. The number of urea groups is 1. The molecule has 33 heavy (non-hydrogen) atoms. The number of carbonyl (C=O) groups excluding carboxylic acids is 4. The topological polar surface area (TPSA) is 119 Å². The van der Waals surface area contributed by atoms with Crippen LogP contribution in [0.5, 0.6) is 0 Å². The van der Waals surface area contributed by atoms with Crippen LogP contribution in [0.1, 0.15) is 31.2 Å². The highest BCUT2D eigenvalue weighted by atomic mass is 79.9. The fourth-order valence-corrected chi connectivity index (χ4v) is 3.85. The van der Waals surface area contributed by atoms with Gasteiger partial charge in [0.15, 0.2) is 0 Å². The maximum absolute atomic E-state index is 13.2. The lowest BCUT2D eigenvalue weighted by molar-refractivity contribution is -0.129. The summed E-state index contributed by atoms with van der Waals surface area (Å²) in [6.45, 7) is 0.506. The summed E-state index contributed by atoms with van der Waals surface area (Å²) in [5.74, 6) is -1.17. The van der Waals surface area contributed by atoms with Crippen LogP contribution in [0.15, 0.2) is 59.1 Å². The van der Waals surface area contributed by atoms with E-state index in [1.165, 1.54) is 10.4 Å². The number of para-hydroxylation sites is 1. The van der Waals surface area contributed by atoms with Crippen molar-refractivity contribution in [2.45, 2.75) is 38.3 Å². The lowest BCUT2D eigenvalue weighted by Crippen LogP contribution is -2.36. The predicted molar refractivity (Wildman–Crippen MR) is 124 cm³/mol. The third-order valence-corrected chi connectivity index (χ3v) is 5.80. The first kappa shape index (κ1) is 24.4. The standard InChI is InChI=1S/C23H25BrN4O5/c24-17-10-8-16(9-11-17)15-27-19(12-13-20(29)25-14-4-7-21(30)26-33)22(31)28(23(27)32)18-5-2-1-3-6-18/h1-3,5-6,8-11,19,33H,4,7,12-15H2,(H,25,29)(H,26,30). The van der Waals surface area contributed by atoms with Crippen LogP contribution in [0, 0.1) is 0 Å². The number of nitrogens with one attached hydrogen (secondary N) is 2. The molecule has 1 saturated heterocycles. The summed E-state index contributed by atoms with van der Waals surface area (Å²) >= 11 is 3.39. The lowest BCUT2D eigenvalue weighted by Gasteiger charge is -2.22. The van der Waals surface area contributed by atoms with Crippen LogP contribution in [0.2, 0.25) is 0 Å². The first-order chi connectivity index (χ1) is 15.9. The number of nitrogens with zero attached hydrogens (tertiary/aromatic N) is 2. The van der Waals surface area contributed by atoms with E-state index in [0.29, 0.717) is 12.1 Å². The Kier molecular flexibility index (Phi) is 8.56. The van der Waals surface area contributed by atoms with Crippen LogP contribution in [0.3, 0.4) is 0 Å². The Morgan fingerprint density at radius 3 is 2.33 bits per heavy atom. The van der Waals surface area contributed by atoms with Gasteiger partial charge in [-0.1, -0.05) is 46.3 Å². The van der Waals surface area contributed by atoms with Crippen molar-refractivity contribution < 1.29 is 24.4 Å². The van der Waals surface area contributed by atoms with Gasteiger partial charge in [0.25, 0.3) is 5.91 Å². The minimum Gasteiger partial charge on any atom is -0.356 e. The largest absolute Gasteiger partial charge is 0.356 e. The summed E-state index contributed by atoms with van der Waals surface area (Å²) in [4.78, 5) is 52.4. The van der Waals surface area contributed by atoms with Gasteiger partial charge in [0.05, 0.1) is 5.69 Å². The number of amides is 5. The monoisotopic (exact) mass is 516 g/mol. The number of halogens is 1. The average Bonchev–Trinajstić information content (AvgIpc) is 3.05. The highest BCUT2D eigenvalue weighted by Gasteiger charge is 2.45. The normalized spacial score (nSPS) is 15.6. The third kappa shape index (κ3) is 6.39. The molecule has 1 heterocycles. The van der Waals surface area contributed by atoms with E-state index in [2.05, 4.69) is 21.2 Å². The van der Waals surface area contributed by atoms with Gasteiger partial charge >= 0.3 is 6.03 Å². The molecular formula is C23H25BrN4O5. The first-order valence-electron chi connectivity index (χ1n) is 10.5. The Hall–Kier alpha value is -3.24. The van der Waals surface area contributed by atoms with Crippen molar-refractivity contribution in [2.24, 2.45) is 0 Å². The second kappa shape index (κ2) is 11.6. The zero-order valence-corrected chi connectivity index (χ0v) is 19.5. The fraction of sp³-hybridized carbons (Fsp3) is 0.304. The second-order valence-corrected chi connectivity index (χ2v) is 8.50. The molecule has 0 spiro atoms. The molecule has 1 aliphatic heterocycles. The van der Waals surface area contributed by atoms with E-state index < -0.39 is 18.0 Å². The van der Waals surface area contributed by atoms with E-state index in [-0.39, 0.29) is 44.2 Å². The van der Waals surface area contributed by atoms with E-state index in [1.54, 1.807) is 30.3 Å². The maximum atomic E-state index is 13.2. The van der Waals surface area contributed by atoms with Gasteiger partial charge in [0, 0.05) is 30.4 Å². The van der Waals surface area contributed by atoms with E-state index in [1.807, 2.05) is 24.3 Å². The quantitative estimate of drug-likeness (QED) is 0.194. The van der Waals surface area contributed by atoms with Gasteiger partial charge in [-0.05, 0) is 42.7 Å². The molecular weight excluding hydrogens is 492 g/mol. The number of hydroxylamine groups is 1. The molecule has 2 aromatic carbocycles. The number of rotatable bonds is 10. The smallest absolute Gasteiger partial charge is 0.332 e. The molecule has 10 heteroatoms. The van der Waals surface area contributed by atoms with Crippen molar-refractivity contribution in [1.29, 1.82) is 0 Å². The summed E-state index contributed by atoms with van der Waals surface area (Å²) in [6.07, 6.45) is 0.679. The second-order valence-electron chi connectivity index (χ2n) is 7.59. The van der Waals surface area contributed by atoms with Crippen molar-refractivity contribution >= 4 is 45.4 Å². The Morgan fingerprint density at radius 1 is 0.970 bits per heavy atom. The van der Waals surface area contributed by atoms with Gasteiger partial charge in [-0.3, -0.25) is 19.6 Å². The molecule has 2 aromatic rings. The number of benzene rings is 2. The molecule has 1 atom stereocenters. The predicted octanol–water partition coefficient (Wildman–Crippen LogP) is 2.97. The Balaban J connectivity index is 1.68. The highest BCUT2D eigenvalue weighted by molar-refractivity contribution is 9.10. The minimum atomic E-state index is -0.771. The minimum absolute atomic E-state index is 0.0509. The fourth-order valence-electron chi connectivity index (χ4n) is 3.59. The molecule has 1 aliphatic rings. The van der Waals surface area contributed by atoms with Crippen LogP contribution in [-0.4, -0.2) is 46.4 Å². The van der Waals surface area contributed by atoms with Crippen molar-refractivity contribution in [1.82, 2.24) is 15.7 Å². The van der Waals surface area contributed by atoms with Gasteiger partial charge < -0.3 is 10.2 Å². The molecule has 0 bridgehead atoms. The van der Waals surface area contributed by atoms with Crippen molar-refractivity contribution in [3.63, 3.8) is 0 Å². The Morgan fingerprint density at radius 2 is 1.67 bits per heavy atom. The van der Waals surface area contributed by atoms with Crippen molar-refractivity contribution in [2.75, 3.05) is 11.4 Å². The zero-order chi connectivity index (χ0) is 23.8. The Bertz CT molecular complexity index is 1000. The van der Waals surface area contributed by atoms with Crippen molar-refractivity contribution in [3.8, 4) is 0 Å². The average molecular weight is 517 g/mol. The van der Waals surface area contributed by atoms with Crippen LogP contribution < -0.4 is 15.7 Å². The summed E-state index contributed by atoms with van der Waals surface area (Å²) in [5, 5.41) is 11.2. The summed E-state index contributed by atoms with van der Waals surface area (Å²) < 4.78 is 0.908. The van der Waals surface area contributed by atoms with Gasteiger partial charge in [-0.15, -0.1) is 0 Å². The van der Waals surface area contributed by atoms with Crippen LogP contribution >= 0.6 is 15.9 Å². The molecule has 174 valence electrons. The Labute approximate surface area is 199 Å². The molecule has 0 radical (unpaired) electrons. The highest BCUT2D eigenvalue weighted by Crippen LogP contribution is 2.29. The number of hydrogen-bond donors (Lipinski definition) is 3. The van der Waals surface area contributed by atoms with E-state index in [4.69, 9.17) is 5.21 Å². The van der Waals surface area contributed by atoms with E-state index in [9.17, 15) is 19.2 Å². The van der Waals surface area contributed by atoms with Gasteiger partial charge in [-0.2, -0.15) is 0 Å². The maximum Gasteiger partial charge on any atom is 0.332 e. The van der Waals surface area contributed by atoms with Gasteiger partial charge in [0.2, 0.25) is 11.8 Å². The van der Waals surface area contributed by atoms with Gasteiger partial charge in [-0.25, -0.2) is 15.2 Å². The molecule has 5 amide bonds. The van der Waals surface area contributed by atoms with Crippen molar-refractivity contribution in [3.05, 3.63) is 64.6 Å². The van der Waals surface area contributed by atoms with Crippen LogP contribution in [0.4, 0.5) is 10.5 Å². The number of hydrogen-bond acceptors (Lipinski definition) is 5. The number of anilines is 1. The summed E-state index contributed by atoms with van der Waals surface area (Å²) in [5.41, 5.74) is 2.89. The lowest BCUT2D eigenvalue weighted by atomic mass is 10.1. The van der Waals surface area contributed by atoms with Crippen LogP contribution in [0.25, 0.3) is 0 Å². The molecule has 1 unspecified atom stereocenters. The van der Waals surface area contributed by atoms with E-state index in [0.717, 1.165) is 14.9 Å². The summed E-state index contributed by atoms with van der Waals surface area (Å²) in [6, 6.07) is 15.0. The van der Waals surface area contributed by atoms with Gasteiger partial charge in [0.1, 0.15) is 6.04 Å². The molecule has 1 fully saturated rings. The molecule has 0 aromatic heterocycles. The molecule has 0 aliphatic carbocycles. The summed E-state index contributed by atoms with van der Waals surface area (Å²) in [7, 11) is 0. The third-order valence-electron chi connectivity index (χ3n) is 5.27.